The van der Waals surface area contributed by atoms with E-state index < -0.39 is 21.7 Å². The number of nitrogens with two attached hydrogens (primary N) is 2. The number of ether oxygens (including phenoxy) is 1. The number of halogens is 1. The molecule has 0 bridgehead atoms. The highest BCUT2D eigenvalue weighted by molar-refractivity contribution is 7.89. The van der Waals surface area contributed by atoms with Crippen LogP contribution in [0.4, 0.5) is 4.39 Å². The number of hydrogen-bond acceptors (Lipinski definition) is 5. The van der Waals surface area contributed by atoms with Crippen LogP contribution in [0.1, 0.15) is 5.56 Å². The van der Waals surface area contributed by atoms with Crippen LogP contribution in [0.25, 0.3) is 0 Å². The quantitative estimate of drug-likeness (QED) is 0.424. The first-order valence-electron chi connectivity index (χ1n) is 5.69. The van der Waals surface area contributed by atoms with Crippen molar-refractivity contribution in [1.82, 2.24) is 4.72 Å². The van der Waals surface area contributed by atoms with Crippen molar-refractivity contribution in [2.45, 2.75) is 4.90 Å². The molecule has 0 atom stereocenters. The number of hydrogen-bond donors (Lipinski definition) is 3. The van der Waals surface area contributed by atoms with Crippen LogP contribution >= 0.6 is 12.2 Å². The maximum atomic E-state index is 13.6. The summed E-state index contributed by atoms with van der Waals surface area (Å²) in [4.78, 5) is 9.71. The molecule has 1 aromatic rings. The Morgan fingerprint density at radius 3 is 2.62 bits per heavy atom. The maximum Gasteiger partial charge on any atom is 0.243 e. The van der Waals surface area contributed by atoms with Crippen molar-refractivity contribution in [3.05, 3.63) is 29.6 Å². The minimum absolute atomic E-state index is 0.0696. The van der Waals surface area contributed by atoms with Crippen molar-refractivity contribution in [2.75, 3.05) is 19.8 Å². The van der Waals surface area contributed by atoms with Crippen LogP contribution in [-0.2, 0) is 19.6 Å². The summed E-state index contributed by atoms with van der Waals surface area (Å²) in [6, 6.07) is 3.48. The minimum Gasteiger partial charge on any atom is -0.389 e. The molecule has 0 aromatic heterocycles. The van der Waals surface area contributed by atoms with Crippen molar-refractivity contribution in [3.8, 4) is 0 Å². The Morgan fingerprint density at radius 1 is 1.38 bits per heavy atom. The van der Waals surface area contributed by atoms with E-state index in [1.54, 1.807) is 0 Å². The molecule has 0 fully saturated rings. The van der Waals surface area contributed by atoms with Crippen molar-refractivity contribution < 1.29 is 22.3 Å². The van der Waals surface area contributed by atoms with Crippen LogP contribution in [0.3, 0.4) is 0 Å². The SMILES string of the molecule is NC(=O)COCCNS(=O)(=O)c1cccc(F)c1C(N)=S. The van der Waals surface area contributed by atoms with Gasteiger partial charge in [0.2, 0.25) is 15.9 Å². The molecule has 0 saturated heterocycles. The molecule has 0 saturated carbocycles. The monoisotopic (exact) mass is 335 g/mol. The molecule has 1 amide bonds. The summed E-state index contributed by atoms with van der Waals surface area (Å²) in [5.41, 5.74) is 9.84. The molecule has 21 heavy (non-hydrogen) atoms. The van der Waals surface area contributed by atoms with Gasteiger partial charge in [-0.25, -0.2) is 17.5 Å². The number of amides is 1. The average molecular weight is 335 g/mol. The molecule has 0 aliphatic heterocycles. The number of carbonyl (C=O) groups excluding carboxylic acids is 1. The zero-order valence-corrected chi connectivity index (χ0v) is 12.5. The molecule has 10 heteroatoms. The topological polar surface area (TPSA) is 125 Å². The molecular formula is C11H14FN3O4S2. The molecule has 0 unspecified atom stereocenters. The van der Waals surface area contributed by atoms with Crippen molar-refractivity contribution >= 4 is 33.1 Å². The van der Waals surface area contributed by atoms with Gasteiger partial charge >= 0.3 is 0 Å². The third kappa shape index (κ3) is 5.01. The summed E-state index contributed by atoms with van der Waals surface area (Å²) in [5.74, 6) is -1.49. The summed E-state index contributed by atoms with van der Waals surface area (Å²) in [7, 11) is -4.01. The fraction of sp³-hybridized carbons (Fsp3) is 0.273. The highest BCUT2D eigenvalue weighted by Crippen LogP contribution is 2.18. The van der Waals surface area contributed by atoms with Gasteiger partial charge in [0.05, 0.1) is 17.1 Å². The van der Waals surface area contributed by atoms with Crippen LogP contribution in [0, 0.1) is 5.82 Å². The molecule has 0 spiro atoms. The number of carbonyl (C=O) groups is 1. The van der Waals surface area contributed by atoms with Gasteiger partial charge in [-0.2, -0.15) is 0 Å². The second-order valence-corrected chi connectivity index (χ2v) is 6.07. The molecule has 116 valence electrons. The van der Waals surface area contributed by atoms with Crippen LogP contribution in [-0.4, -0.2) is 39.1 Å². The Bertz CT molecular complexity index is 649. The van der Waals surface area contributed by atoms with Gasteiger partial charge in [0.15, 0.2) is 0 Å². The van der Waals surface area contributed by atoms with Gasteiger partial charge in [0.1, 0.15) is 17.4 Å². The molecule has 1 rings (SSSR count). The lowest BCUT2D eigenvalue weighted by molar-refractivity contribution is -0.122. The van der Waals surface area contributed by atoms with E-state index in [-0.39, 0.29) is 35.2 Å². The number of nitrogens with one attached hydrogen (secondary N) is 1. The number of primary amides is 1. The second kappa shape index (κ2) is 7.41. The number of sulfonamides is 1. The van der Waals surface area contributed by atoms with Gasteiger partial charge in [0, 0.05) is 6.54 Å². The Morgan fingerprint density at radius 2 is 2.05 bits per heavy atom. The Balaban J connectivity index is 2.82. The Hall–Kier alpha value is -1.62. The molecule has 7 nitrogen and oxygen atoms in total. The van der Waals surface area contributed by atoms with Gasteiger partial charge in [0.25, 0.3) is 0 Å². The molecular weight excluding hydrogens is 321 g/mol. The van der Waals surface area contributed by atoms with Gasteiger partial charge < -0.3 is 16.2 Å². The maximum absolute atomic E-state index is 13.6. The minimum atomic E-state index is -4.01. The van der Waals surface area contributed by atoms with Gasteiger partial charge in [-0.05, 0) is 12.1 Å². The lowest BCUT2D eigenvalue weighted by atomic mass is 10.2. The highest BCUT2D eigenvalue weighted by atomic mass is 32.2. The Kier molecular flexibility index (Phi) is 6.15. The zero-order chi connectivity index (χ0) is 16.0. The van der Waals surface area contributed by atoms with Crippen LogP contribution in [0.15, 0.2) is 23.1 Å². The smallest absolute Gasteiger partial charge is 0.243 e. The molecule has 1 aromatic carbocycles. The van der Waals surface area contributed by atoms with E-state index in [1.165, 1.54) is 12.1 Å². The van der Waals surface area contributed by atoms with Gasteiger partial charge in [-0.3, -0.25) is 4.79 Å². The predicted molar refractivity (Wildman–Crippen MR) is 77.5 cm³/mol. The van der Waals surface area contributed by atoms with E-state index in [0.717, 1.165) is 6.07 Å². The largest absolute Gasteiger partial charge is 0.389 e. The van der Waals surface area contributed by atoms with E-state index >= 15 is 0 Å². The molecule has 0 aliphatic carbocycles. The zero-order valence-electron chi connectivity index (χ0n) is 10.8. The Labute approximate surface area is 126 Å². The lowest BCUT2D eigenvalue weighted by Crippen LogP contribution is -2.31. The second-order valence-electron chi connectivity index (χ2n) is 3.89. The molecule has 0 aliphatic rings. The fourth-order valence-corrected chi connectivity index (χ4v) is 2.98. The first-order valence-corrected chi connectivity index (χ1v) is 7.59. The fourth-order valence-electron chi connectivity index (χ4n) is 1.47. The standard InChI is InChI=1S/C11H14FN3O4S2/c12-7-2-1-3-8(10(7)11(14)20)21(17,18)15-4-5-19-6-9(13)16/h1-3,15H,4-6H2,(H2,13,16)(H2,14,20). The predicted octanol–water partition coefficient (Wildman–Crippen LogP) is -0.760. The van der Waals surface area contributed by atoms with Gasteiger partial charge in [-0.15, -0.1) is 0 Å². The summed E-state index contributed by atoms with van der Waals surface area (Å²) in [5, 5.41) is 0. The van der Waals surface area contributed by atoms with E-state index in [0.29, 0.717) is 0 Å². The third-order valence-corrected chi connectivity index (χ3v) is 4.00. The van der Waals surface area contributed by atoms with Crippen molar-refractivity contribution in [3.63, 3.8) is 0 Å². The normalized spacial score (nSPS) is 11.3. The first-order chi connectivity index (χ1) is 9.75. The highest BCUT2D eigenvalue weighted by Gasteiger charge is 2.22. The number of benzene rings is 1. The summed E-state index contributed by atoms with van der Waals surface area (Å²) >= 11 is 4.66. The third-order valence-electron chi connectivity index (χ3n) is 2.29. The van der Waals surface area contributed by atoms with E-state index in [9.17, 15) is 17.6 Å². The summed E-state index contributed by atoms with van der Waals surface area (Å²) < 4.78 is 44.7. The van der Waals surface area contributed by atoms with E-state index in [4.69, 9.17) is 16.2 Å². The summed E-state index contributed by atoms with van der Waals surface area (Å²) in [6.07, 6.45) is 0. The number of rotatable bonds is 8. The van der Waals surface area contributed by atoms with Crippen LogP contribution in [0.5, 0.6) is 0 Å². The molecule has 0 heterocycles. The average Bonchev–Trinajstić information content (AvgIpc) is 2.37. The van der Waals surface area contributed by atoms with E-state index in [2.05, 4.69) is 16.9 Å². The molecule has 5 N–H and O–H groups in total. The van der Waals surface area contributed by atoms with Crippen molar-refractivity contribution in [2.24, 2.45) is 11.5 Å². The summed E-state index contributed by atoms with van der Waals surface area (Å²) in [6.45, 7) is -0.511. The van der Waals surface area contributed by atoms with Crippen LogP contribution in [0.2, 0.25) is 0 Å². The number of thiocarbonyl (C=S) groups is 1. The lowest BCUT2D eigenvalue weighted by Gasteiger charge is -2.11. The van der Waals surface area contributed by atoms with E-state index in [1.807, 2.05) is 0 Å². The molecule has 0 radical (unpaired) electrons. The van der Waals surface area contributed by atoms with Crippen LogP contribution < -0.4 is 16.2 Å². The van der Waals surface area contributed by atoms with Gasteiger partial charge in [-0.1, -0.05) is 18.3 Å². The first kappa shape index (κ1) is 17.4. The van der Waals surface area contributed by atoms with Crippen molar-refractivity contribution in [1.29, 1.82) is 0 Å².